The van der Waals surface area contributed by atoms with Crippen LogP contribution in [0, 0.1) is 0 Å². The number of aliphatic hydroxyl groups is 1. The van der Waals surface area contributed by atoms with Gasteiger partial charge >= 0.3 is 0 Å². The second-order valence-corrected chi connectivity index (χ2v) is 6.25. The maximum absolute atomic E-state index is 10.7. The number of methoxy groups -OCH3 is 2. The van der Waals surface area contributed by atoms with Gasteiger partial charge in [0.25, 0.3) is 0 Å². The lowest BCUT2D eigenvalue weighted by atomic mass is 9.77. The summed E-state index contributed by atoms with van der Waals surface area (Å²) < 4.78 is 17.0. The molecular formula is C18H23NO4. The van der Waals surface area contributed by atoms with Gasteiger partial charge in [0.15, 0.2) is 0 Å². The van der Waals surface area contributed by atoms with Crippen molar-refractivity contribution in [1.29, 1.82) is 0 Å². The molecule has 1 N–H and O–H groups in total. The molecule has 3 rings (SSSR count). The maximum atomic E-state index is 10.7. The Hall–Kier alpha value is -1.85. The zero-order chi connectivity index (χ0) is 16.6. The summed E-state index contributed by atoms with van der Waals surface area (Å²) in [4.78, 5) is 4.68. The fourth-order valence-corrected chi connectivity index (χ4v) is 3.39. The molecular weight excluding hydrogens is 294 g/mol. The third-order valence-electron chi connectivity index (χ3n) is 4.65. The van der Waals surface area contributed by atoms with Crippen molar-refractivity contribution >= 4 is 11.1 Å². The van der Waals surface area contributed by atoms with E-state index in [1.165, 1.54) is 5.57 Å². The summed E-state index contributed by atoms with van der Waals surface area (Å²) in [7, 11) is 3.27. The number of aliphatic hydroxyl groups excluding tert-OH is 1. The minimum Gasteiger partial charge on any atom is -0.496 e. The summed E-state index contributed by atoms with van der Waals surface area (Å²) >= 11 is 0. The molecule has 5 nitrogen and oxygen atoms in total. The van der Waals surface area contributed by atoms with Crippen molar-refractivity contribution in [2.24, 2.45) is 0 Å². The second kappa shape index (κ2) is 5.98. The maximum Gasteiger partial charge on any atom is 0.229 e. The number of rotatable bonds is 4. The summed E-state index contributed by atoms with van der Waals surface area (Å²) in [5.74, 6) is 0.768. The Morgan fingerprint density at radius 1 is 1.48 bits per heavy atom. The minimum atomic E-state index is -0.876. The normalized spacial score (nSPS) is 23.6. The highest BCUT2D eigenvalue weighted by molar-refractivity contribution is 5.83. The van der Waals surface area contributed by atoms with E-state index in [0.29, 0.717) is 25.0 Å². The molecule has 1 aliphatic carbocycles. The lowest BCUT2D eigenvalue weighted by Crippen LogP contribution is -2.46. The standard InChI is InChI=1S/C18H23NO4/c1-11(2)7-9-18(22-4)14(20)6-5-12-15(21-3)13-8-10-23-17(13)19-16(12)18/h7-8,10,14,20H,5-6,9H2,1-4H3/t14-,18-/m0/s1. The van der Waals surface area contributed by atoms with Gasteiger partial charge in [0.05, 0.1) is 30.6 Å². The van der Waals surface area contributed by atoms with E-state index in [2.05, 4.69) is 11.1 Å². The van der Waals surface area contributed by atoms with Gasteiger partial charge in [-0.1, -0.05) is 11.6 Å². The average molecular weight is 317 g/mol. The number of allylic oxidation sites excluding steroid dienone is 1. The van der Waals surface area contributed by atoms with Crippen LogP contribution in [0.5, 0.6) is 5.75 Å². The van der Waals surface area contributed by atoms with Crippen molar-refractivity contribution in [3.63, 3.8) is 0 Å². The predicted molar refractivity (Wildman–Crippen MR) is 87.6 cm³/mol. The van der Waals surface area contributed by atoms with Gasteiger partial charge in [-0.05, 0) is 32.8 Å². The summed E-state index contributed by atoms with van der Waals surface area (Å²) in [5.41, 5.74) is 2.52. The fourth-order valence-electron chi connectivity index (χ4n) is 3.39. The van der Waals surface area contributed by atoms with E-state index < -0.39 is 11.7 Å². The molecule has 2 heterocycles. The molecule has 5 heteroatoms. The highest BCUT2D eigenvalue weighted by atomic mass is 16.5. The first-order chi connectivity index (χ1) is 11.0. The van der Waals surface area contributed by atoms with Crippen LogP contribution in [0.1, 0.15) is 37.9 Å². The van der Waals surface area contributed by atoms with Gasteiger partial charge in [-0.15, -0.1) is 0 Å². The van der Waals surface area contributed by atoms with E-state index in [4.69, 9.17) is 13.9 Å². The van der Waals surface area contributed by atoms with Crippen LogP contribution in [0.4, 0.5) is 0 Å². The lowest BCUT2D eigenvalue weighted by Gasteiger charge is -2.40. The summed E-state index contributed by atoms with van der Waals surface area (Å²) in [6.45, 7) is 4.06. The Kier molecular flexibility index (Phi) is 4.17. The van der Waals surface area contributed by atoms with Crippen LogP contribution in [0.2, 0.25) is 0 Å². The molecule has 0 aliphatic heterocycles. The zero-order valence-corrected chi connectivity index (χ0v) is 14.0. The molecule has 0 saturated heterocycles. The number of furan rings is 1. The van der Waals surface area contributed by atoms with Crippen molar-refractivity contribution in [2.45, 2.75) is 44.8 Å². The molecule has 0 bridgehead atoms. The second-order valence-electron chi connectivity index (χ2n) is 6.25. The lowest BCUT2D eigenvalue weighted by molar-refractivity contribution is -0.118. The number of aromatic nitrogens is 1. The number of hydrogen-bond donors (Lipinski definition) is 1. The summed E-state index contributed by atoms with van der Waals surface area (Å²) in [5, 5.41) is 11.6. The topological polar surface area (TPSA) is 64.7 Å². The molecule has 0 fully saturated rings. The number of nitrogens with zero attached hydrogens (tertiary/aromatic N) is 1. The number of fused-ring (bicyclic) bond motifs is 2. The number of ether oxygens (including phenoxy) is 2. The molecule has 0 amide bonds. The van der Waals surface area contributed by atoms with Crippen LogP contribution in [0.15, 0.2) is 28.4 Å². The van der Waals surface area contributed by atoms with Crippen LogP contribution in [0.3, 0.4) is 0 Å². The van der Waals surface area contributed by atoms with Crippen LogP contribution in [-0.4, -0.2) is 30.4 Å². The van der Waals surface area contributed by atoms with Gasteiger partial charge < -0.3 is 19.0 Å². The molecule has 0 radical (unpaired) electrons. The molecule has 1 aliphatic rings. The van der Waals surface area contributed by atoms with E-state index in [1.54, 1.807) is 20.5 Å². The summed E-state index contributed by atoms with van der Waals surface area (Å²) in [6, 6.07) is 1.86. The molecule has 2 atom stereocenters. The first kappa shape index (κ1) is 16.0. The van der Waals surface area contributed by atoms with Crippen LogP contribution >= 0.6 is 0 Å². The first-order valence-corrected chi connectivity index (χ1v) is 7.84. The Morgan fingerprint density at radius 3 is 2.91 bits per heavy atom. The fraction of sp³-hybridized carbons (Fsp3) is 0.500. The van der Waals surface area contributed by atoms with Gasteiger partial charge in [0, 0.05) is 19.1 Å². The number of pyridine rings is 1. The van der Waals surface area contributed by atoms with Crippen molar-refractivity contribution in [3.05, 3.63) is 35.2 Å². The largest absolute Gasteiger partial charge is 0.496 e. The van der Waals surface area contributed by atoms with Gasteiger partial charge in [0.1, 0.15) is 11.4 Å². The molecule has 0 saturated carbocycles. The third-order valence-corrected chi connectivity index (χ3v) is 4.65. The Balaban J connectivity index is 2.26. The Labute approximate surface area is 135 Å². The molecule has 2 aromatic rings. The SMILES string of the molecule is COc1c2c(nc3occc13)[C@@](CC=C(C)C)(OC)[C@@H](O)CC2. The average Bonchev–Trinajstić information content (AvgIpc) is 3.00. The molecule has 23 heavy (non-hydrogen) atoms. The first-order valence-electron chi connectivity index (χ1n) is 7.84. The third kappa shape index (κ3) is 2.44. The van der Waals surface area contributed by atoms with Crippen LogP contribution in [-0.2, 0) is 16.8 Å². The molecule has 124 valence electrons. The van der Waals surface area contributed by atoms with E-state index in [1.807, 2.05) is 19.9 Å². The molecule has 0 spiro atoms. The van der Waals surface area contributed by atoms with E-state index in [9.17, 15) is 5.11 Å². The van der Waals surface area contributed by atoms with E-state index in [-0.39, 0.29) is 0 Å². The Bertz CT molecular complexity index is 745. The van der Waals surface area contributed by atoms with Crippen LogP contribution < -0.4 is 4.74 Å². The monoisotopic (exact) mass is 317 g/mol. The summed E-state index contributed by atoms with van der Waals surface area (Å²) in [6.07, 6.45) is 4.92. The van der Waals surface area contributed by atoms with Crippen molar-refractivity contribution < 1.29 is 19.0 Å². The minimum absolute atomic E-state index is 0.508. The predicted octanol–water partition coefficient (Wildman–Crippen LogP) is 3.34. The highest BCUT2D eigenvalue weighted by Gasteiger charge is 2.46. The van der Waals surface area contributed by atoms with Crippen molar-refractivity contribution in [3.8, 4) is 5.75 Å². The van der Waals surface area contributed by atoms with E-state index >= 15 is 0 Å². The van der Waals surface area contributed by atoms with Gasteiger partial charge in [-0.3, -0.25) is 0 Å². The Morgan fingerprint density at radius 2 is 2.26 bits per heavy atom. The van der Waals surface area contributed by atoms with Gasteiger partial charge in [-0.25, -0.2) is 4.98 Å². The van der Waals surface area contributed by atoms with Crippen LogP contribution in [0.25, 0.3) is 11.1 Å². The van der Waals surface area contributed by atoms with Crippen molar-refractivity contribution in [1.82, 2.24) is 4.98 Å². The molecule has 0 aromatic carbocycles. The van der Waals surface area contributed by atoms with E-state index in [0.717, 1.165) is 22.4 Å². The van der Waals surface area contributed by atoms with Crippen molar-refractivity contribution in [2.75, 3.05) is 14.2 Å². The number of hydrogen-bond acceptors (Lipinski definition) is 5. The van der Waals surface area contributed by atoms with Gasteiger partial charge in [0.2, 0.25) is 5.71 Å². The smallest absolute Gasteiger partial charge is 0.229 e. The van der Waals surface area contributed by atoms with Gasteiger partial charge in [-0.2, -0.15) is 0 Å². The highest BCUT2D eigenvalue weighted by Crippen LogP contribution is 2.45. The molecule has 0 unspecified atom stereocenters. The quantitative estimate of drug-likeness (QED) is 0.876. The molecule has 2 aromatic heterocycles. The zero-order valence-electron chi connectivity index (χ0n) is 14.0.